The van der Waals surface area contributed by atoms with Crippen LogP contribution in [-0.2, 0) is 0 Å². The summed E-state index contributed by atoms with van der Waals surface area (Å²) in [6.07, 6.45) is 0. The van der Waals surface area contributed by atoms with E-state index in [0.29, 0.717) is 57.9 Å². The zero-order chi connectivity index (χ0) is 24.7. The summed E-state index contributed by atoms with van der Waals surface area (Å²) < 4.78 is 23.2. The van der Waals surface area contributed by atoms with Gasteiger partial charge in [-0.3, -0.25) is 0 Å². The van der Waals surface area contributed by atoms with Gasteiger partial charge >= 0.3 is 0 Å². The highest BCUT2D eigenvalue weighted by Crippen LogP contribution is 2.30. The first-order valence-electron chi connectivity index (χ1n) is 10.8. The van der Waals surface area contributed by atoms with Crippen LogP contribution < -0.4 is 30.4 Å². The lowest BCUT2D eigenvalue weighted by Gasteiger charge is -2.10. The average Bonchev–Trinajstić information content (AvgIpc) is 2.89. The molecule has 10 heteroatoms. The molecule has 3 aromatic carbocycles. The van der Waals surface area contributed by atoms with Gasteiger partial charge in [-0.15, -0.1) is 20.4 Å². The van der Waals surface area contributed by atoms with E-state index in [-0.39, 0.29) is 0 Å². The fraction of sp³-hybridized carbons (Fsp3) is 0. The van der Waals surface area contributed by atoms with Crippen LogP contribution in [0.25, 0.3) is 0 Å². The summed E-state index contributed by atoms with van der Waals surface area (Å²) >= 11 is 0. The Morgan fingerprint density at radius 3 is 1.22 bits per heavy atom. The number of anilines is 2. The molecule has 0 aliphatic heterocycles. The number of aromatic nitrogens is 4. The lowest BCUT2D eigenvalue weighted by atomic mass is 10.3. The predicted octanol–water partition coefficient (Wildman–Crippen LogP) is 5.60. The Labute approximate surface area is 206 Å². The minimum atomic E-state index is 0.322. The lowest BCUT2D eigenvalue weighted by Crippen LogP contribution is -1.95. The molecular weight excluding hydrogens is 460 g/mol. The third-order valence-electron chi connectivity index (χ3n) is 4.69. The Bertz CT molecular complexity index is 1430. The summed E-state index contributed by atoms with van der Waals surface area (Å²) in [6.45, 7) is 0. The summed E-state index contributed by atoms with van der Waals surface area (Å²) in [5.41, 5.74) is 11.1. The molecule has 0 saturated heterocycles. The smallest absolute Gasteiger partial charge is 0.238 e. The normalized spacial score (nSPS) is 10.4. The molecule has 0 amide bonds. The van der Waals surface area contributed by atoms with Crippen LogP contribution in [0.15, 0.2) is 97.1 Å². The summed E-state index contributed by atoms with van der Waals surface area (Å²) in [7, 11) is 0. The molecule has 2 aromatic heterocycles. The van der Waals surface area contributed by atoms with Crippen molar-refractivity contribution >= 4 is 11.6 Å². The minimum Gasteiger partial charge on any atom is -0.457 e. The summed E-state index contributed by atoms with van der Waals surface area (Å²) in [5, 5.41) is 15.3. The van der Waals surface area contributed by atoms with E-state index in [1.807, 2.05) is 36.4 Å². The van der Waals surface area contributed by atoms with Crippen LogP contribution >= 0.6 is 0 Å². The number of benzene rings is 3. The molecule has 2 heterocycles. The maximum Gasteiger partial charge on any atom is 0.238 e. The molecule has 10 nitrogen and oxygen atoms in total. The van der Waals surface area contributed by atoms with Gasteiger partial charge in [0.1, 0.15) is 46.1 Å². The Kier molecular flexibility index (Phi) is 6.39. The second-order valence-corrected chi connectivity index (χ2v) is 7.42. The molecule has 4 N–H and O–H groups in total. The van der Waals surface area contributed by atoms with Gasteiger partial charge in [-0.1, -0.05) is 6.07 Å². The van der Waals surface area contributed by atoms with Gasteiger partial charge in [0, 0.05) is 18.2 Å². The van der Waals surface area contributed by atoms with Crippen LogP contribution in [0.4, 0.5) is 11.6 Å². The van der Waals surface area contributed by atoms with Crippen molar-refractivity contribution in [3.8, 4) is 46.3 Å². The second kappa shape index (κ2) is 10.3. The zero-order valence-corrected chi connectivity index (χ0v) is 18.8. The fourth-order valence-corrected chi connectivity index (χ4v) is 3.04. The van der Waals surface area contributed by atoms with Crippen molar-refractivity contribution in [2.24, 2.45) is 0 Å². The van der Waals surface area contributed by atoms with E-state index in [9.17, 15) is 0 Å². The molecule has 0 fully saturated rings. The highest BCUT2D eigenvalue weighted by atomic mass is 16.5. The standard InChI is InChI=1S/C26H20N6O4/c27-23-12-14-25(31-29-23)35-20-10-8-18(9-11-20)33-17-4-6-19(7-5-17)34-21-2-1-3-22(16-21)36-26-15-13-24(28)30-32-26/h1-16H,(H2,27,29)(H2,28,30). The first kappa shape index (κ1) is 22.4. The topological polar surface area (TPSA) is 141 Å². The van der Waals surface area contributed by atoms with Gasteiger partial charge < -0.3 is 30.4 Å². The van der Waals surface area contributed by atoms with E-state index in [0.717, 1.165) is 0 Å². The Hall–Kier alpha value is -5.38. The first-order chi connectivity index (χ1) is 17.6. The van der Waals surface area contributed by atoms with Crippen molar-refractivity contribution < 1.29 is 18.9 Å². The summed E-state index contributed by atoms with van der Waals surface area (Å²) in [5.74, 6) is 5.03. The number of hydrogen-bond donors (Lipinski definition) is 2. The zero-order valence-electron chi connectivity index (χ0n) is 18.8. The van der Waals surface area contributed by atoms with Crippen LogP contribution in [0.1, 0.15) is 0 Å². The van der Waals surface area contributed by atoms with Gasteiger partial charge in [0.2, 0.25) is 11.8 Å². The van der Waals surface area contributed by atoms with E-state index in [2.05, 4.69) is 20.4 Å². The molecular formula is C26H20N6O4. The quantitative estimate of drug-likeness (QED) is 0.288. The van der Waals surface area contributed by atoms with Crippen LogP contribution in [0.3, 0.4) is 0 Å². The van der Waals surface area contributed by atoms with Crippen LogP contribution in [-0.4, -0.2) is 20.4 Å². The molecule has 0 radical (unpaired) electrons. The molecule has 36 heavy (non-hydrogen) atoms. The monoisotopic (exact) mass is 480 g/mol. The van der Waals surface area contributed by atoms with Crippen LogP contribution in [0, 0.1) is 0 Å². The van der Waals surface area contributed by atoms with E-state index in [4.69, 9.17) is 30.4 Å². The SMILES string of the molecule is Nc1ccc(Oc2ccc(Oc3ccc(Oc4cccc(Oc5ccc(N)nn5)c4)cc3)cc2)nn1. The van der Waals surface area contributed by atoms with Gasteiger partial charge in [-0.05, 0) is 72.8 Å². The molecule has 0 bridgehead atoms. The highest BCUT2D eigenvalue weighted by molar-refractivity contribution is 5.42. The molecule has 178 valence electrons. The maximum atomic E-state index is 5.93. The minimum absolute atomic E-state index is 0.322. The van der Waals surface area contributed by atoms with Gasteiger partial charge in [0.05, 0.1) is 0 Å². The van der Waals surface area contributed by atoms with Crippen molar-refractivity contribution in [1.82, 2.24) is 20.4 Å². The Balaban J connectivity index is 1.17. The highest BCUT2D eigenvalue weighted by Gasteiger charge is 2.05. The Morgan fingerprint density at radius 2 is 0.778 bits per heavy atom. The summed E-state index contributed by atoms with van der Waals surface area (Å²) in [4.78, 5) is 0. The van der Waals surface area contributed by atoms with E-state index in [1.54, 1.807) is 60.7 Å². The maximum absolute atomic E-state index is 5.93. The molecule has 5 aromatic rings. The van der Waals surface area contributed by atoms with Crippen molar-refractivity contribution in [1.29, 1.82) is 0 Å². The molecule has 0 aliphatic carbocycles. The van der Waals surface area contributed by atoms with E-state index in [1.165, 1.54) is 0 Å². The number of nitrogens with two attached hydrogens (primary N) is 2. The number of ether oxygens (including phenoxy) is 4. The number of rotatable bonds is 8. The van der Waals surface area contributed by atoms with Gasteiger partial charge in [-0.2, -0.15) is 0 Å². The van der Waals surface area contributed by atoms with Crippen molar-refractivity contribution in [3.63, 3.8) is 0 Å². The van der Waals surface area contributed by atoms with Gasteiger partial charge in [0.25, 0.3) is 0 Å². The van der Waals surface area contributed by atoms with Crippen LogP contribution in [0.5, 0.6) is 46.3 Å². The molecule has 0 spiro atoms. The van der Waals surface area contributed by atoms with E-state index < -0.39 is 0 Å². The molecule has 0 atom stereocenters. The summed E-state index contributed by atoms with van der Waals surface area (Å²) in [6, 6.07) is 28.1. The molecule has 0 aliphatic rings. The van der Waals surface area contributed by atoms with Crippen molar-refractivity contribution in [3.05, 3.63) is 97.1 Å². The fourth-order valence-electron chi connectivity index (χ4n) is 3.04. The lowest BCUT2D eigenvalue weighted by molar-refractivity contribution is 0.442. The first-order valence-corrected chi connectivity index (χ1v) is 10.8. The van der Waals surface area contributed by atoms with Crippen LogP contribution in [0.2, 0.25) is 0 Å². The third kappa shape index (κ3) is 5.94. The largest absolute Gasteiger partial charge is 0.457 e. The average molecular weight is 480 g/mol. The van der Waals surface area contributed by atoms with Crippen molar-refractivity contribution in [2.75, 3.05) is 11.5 Å². The van der Waals surface area contributed by atoms with Gasteiger partial charge in [0.15, 0.2) is 0 Å². The van der Waals surface area contributed by atoms with E-state index >= 15 is 0 Å². The van der Waals surface area contributed by atoms with Gasteiger partial charge in [-0.25, -0.2) is 0 Å². The second-order valence-electron chi connectivity index (χ2n) is 7.42. The molecule has 5 rings (SSSR count). The molecule has 0 unspecified atom stereocenters. The third-order valence-corrected chi connectivity index (χ3v) is 4.69. The number of hydrogen-bond acceptors (Lipinski definition) is 10. The molecule has 0 saturated carbocycles. The predicted molar refractivity (Wildman–Crippen MR) is 133 cm³/mol. The number of nitrogens with zero attached hydrogens (tertiary/aromatic N) is 4. The van der Waals surface area contributed by atoms with Crippen molar-refractivity contribution in [2.45, 2.75) is 0 Å². The Morgan fingerprint density at radius 1 is 0.389 bits per heavy atom. The number of nitrogen functional groups attached to an aromatic ring is 2.